The minimum absolute atomic E-state index is 0.148. The van der Waals surface area contributed by atoms with Crippen molar-refractivity contribution in [2.24, 2.45) is 0 Å². The van der Waals surface area contributed by atoms with Crippen LogP contribution in [0.25, 0.3) is 0 Å². The number of carbonyl (C=O) groups is 1. The van der Waals surface area contributed by atoms with E-state index in [-0.39, 0.29) is 5.91 Å². The zero-order valence-corrected chi connectivity index (χ0v) is 14.9. The monoisotopic (exact) mass is 343 g/mol. The lowest BCUT2D eigenvalue weighted by Crippen LogP contribution is -2.44. The molecule has 134 valence electrons. The Labute approximate surface area is 147 Å². The molecule has 1 N–H and O–H groups in total. The largest absolute Gasteiger partial charge is 0.339 e. The number of rotatable bonds is 7. The Morgan fingerprint density at radius 2 is 2.08 bits per heavy atom. The maximum Gasteiger partial charge on any atom is 0.253 e. The third-order valence-electron chi connectivity index (χ3n) is 4.88. The molecule has 0 radical (unpaired) electrons. The molecule has 0 aliphatic heterocycles. The van der Waals surface area contributed by atoms with Crippen LogP contribution in [-0.4, -0.2) is 39.0 Å². The first kappa shape index (κ1) is 17.5. The van der Waals surface area contributed by atoms with E-state index in [1.165, 1.54) is 0 Å². The summed E-state index contributed by atoms with van der Waals surface area (Å²) in [6.45, 7) is 6.70. The van der Waals surface area contributed by atoms with Crippen molar-refractivity contribution < 1.29 is 9.32 Å². The molecule has 1 aliphatic rings. The zero-order valence-electron chi connectivity index (χ0n) is 14.9. The summed E-state index contributed by atoms with van der Waals surface area (Å²) < 4.78 is 5.46. The van der Waals surface area contributed by atoms with E-state index in [2.05, 4.69) is 39.2 Å². The highest BCUT2D eigenvalue weighted by atomic mass is 16.5. The number of carbonyl (C=O) groups excluding carboxylic acids is 1. The van der Waals surface area contributed by atoms with Gasteiger partial charge >= 0.3 is 0 Å². The Morgan fingerprint density at radius 3 is 2.72 bits per heavy atom. The van der Waals surface area contributed by atoms with Gasteiger partial charge in [-0.3, -0.25) is 14.7 Å². The molecule has 3 rings (SSSR count). The maximum atomic E-state index is 12.6. The molecule has 0 atom stereocenters. The van der Waals surface area contributed by atoms with Gasteiger partial charge in [0.05, 0.1) is 12.1 Å². The number of nitrogens with zero attached hydrogens (tertiary/aromatic N) is 4. The fraction of sp³-hybridized carbons (Fsp3) is 0.556. The predicted molar refractivity (Wildman–Crippen MR) is 92.8 cm³/mol. The lowest BCUT2D eigenvalue weighted by atomic mass is 9.96. The fourth-order valence-electron chi connectivity index (χ4n) is 3.32. The normalized spacial score (nSPS) is 16.3. The molecule has 2 aromatic rings. The van der Waals surface area contributed by atoms with Crippen molar-refractivity contribution in [2.45, 2.75) is 51.6 Å². The van der Waals surface area contributed by atoms with Gasteiger partial charge in [-0.25, -0.2) is 0 Å². The Kier molecular flexibility index (Phi) is 5.43. The van der Waals surface area contributed by atoms with Crippen LogP contribution in [0.15, 0.2) is 29.0 Å². The van der Waals surface area contributed by atoms with E-state index in [1.807, 2.05) is 0 Å². The SMILES string of the molecule is CCN(CC)Cc1nc(C2(NC(=O)c3cccnc3)CCCC2)no1. The first-order valence-electron chi connectivity index (χ1n) is 8.95. The third kappa shape index (κ3) is 3.87. The van der Waals surface area contributed by atoms with Gasteiger partial charge in [-0.2, -0.15) is 4.98 Å². The van der Waals surface area contributed by atoms with Gasteiger partial charge in [-0.05, 0) is 38.1 Å². The van der Waals surface area contributed by atoms with Crippen LogP contribution < -0.4 is 5.32 Å². The number of nitrogens with one attached hydrogen (secondary N) is 1. The highest BCUT2D eigenvalue weighted by Gasteiger charge is 2.41. The summed E-state index contributed by atoms with van der Waals surface area (Å²) in [5, 5.41) is 7.34. The minimum Gasteiger partial charge on any atom is -0.339 e. The number of pyridine rings is 1. The molecule has 2 heterocycles. The van der Waals surface area contributed by atoms with E-state index in [1.54, 1.807) is 24.5 Å². The molecule has 2 aromatic heterocycles. The first-order valence-corrected chi connectivity index (χ1v) is 8.95. The quantitative estimate of drug-likeness (QED) is 0.831. The van der Waals surface area contributed by atoms with Gasteiger partial charge in [-0.1, -0.05) is 31.8 Å². The number of hydrogen-bond donors (Lipinski definition) is 1. The van der Waals surface area contributed by atoms with E-state index in [0.717, 1.165) is 38.8 Å². The van der Waals surface area contributed by atoms with Gasteiger partial charge in [0.2, 0.25) is 5.89 Å². The molecule has 0 unspecified atom stereocenters. The lowest BCUT2D eigenvalue weighted by molar-refractivity contribution is 0.0891. The van der Waals surface area contributed by atoms with Gasteiger partial charge in [0.25, 0.3) is 5.91 Å². The summed E-state index contributed by atoms with van der Waals surface area (Å²) >= 11 is 0. The van der Waals surface area contributed by atoms with Crippen LogP contribution in [-0.2, 0) is 12.1 Å². The molecule has 1 fully saturated rings. The van der Waals surface area contributed by atoms with Crippen molar-refractivity contribution in [2.75, 3.05) is 13.1 Å². The van der Waals surface area contributed by atoms with E-state index >= 15 is 0 Å². The van der Waals surface area contributed by atoms with Gasteiger partial charge in [0.15, 0.2) is 5.82 Å². The molecule has 1 saturated carbocycles. The molecule has 1 amide bonds. The van der Waals surface area contributed by atoms with Gasteiger partial charge in [0, 0.05) is 12.4 Å². The van der Waals surface area contributed by atoms with Gasteiger partial charge in [0.1, 0.15) is 5.54 Å². The summed E-state index contributed by atoms with van der Waals surface area (Å²) in [6.07, 6.45) is 6.94. The van der Waals surface area contributed by atoms with Crippen LogP contribution in [0.4, 0.5) is 0 Å². The van der Waals surface area contributed by atoms with Crippen molar-refractivity contribution >= 4 is 5.91 Å². The second kappa shape index (κ2) is 7.74. The molecular formula is C18H25N5O2. The molecule has 0 spiro atoms. The molecule has 7 nitrogen and oxygen atoms in total. The summed E-state index contributed by atoms with van der Waals surface area (Å²) in [5.74, 6) is 1.04. The molecule has 25 heavy (non-hydrogen) atoms. The van der Waals surface area contributed by atoms with Crippen LogP contribution in [0.2, 0.25) is 0 Å². The molecular weight excluding hydrogens is 318 g/mol. The van der Waals surface area contributed by atoms with Crippen molar-refractivity contribution in [1.29, 1.82) is 0 Å². The molecule has 7 heteroatoms. The Hall–Kier alpha value is -2.28. The standard InChI is InChI=1S/C18H25N5O2/c1-3-23(4-2)13-15-20-17(22-25-15)18(9-5-6-10-18)21-16(24)14-8-7-11-19-12-14/h7-8,11-12H,3-6,9-10,13H2,1-2H3,(H,21,24). The van der Waals surface area contributed by atoms with Gasteiger partial charge in [-0.15, -0.1) is 0 Å². The third-order valence-corrected chi connectivity index (χ3v) is 4.88. The van der Waals surface area contributed by atoms with Crippen molar-refractivity contribution in [3.63, 3.8) is 0 Å². The van der Waals surface area contributed by atoms with E-state index in [9.17, 15) is 4.79 Å². The topological polar surface area (TPSA) is 84.2 Å². The number of hydrogen-bond acceptors (Lipinski definition) is 6. The molecule has 0 bridgehead atoms. The van der Waals surface area contributed by atoms with Gasteiger partial charge < -0.3 is 9.84 Å². The zero-order chi connectivity index (χ0) is 17.7. The highest BCUT2D eigenvalue weighted by Crippen LogP contribution is 2.37. The number of amides is 1. The number of aromatic nitrogens is 3. The van der Waals surface area contributed by atoms with E-state index in [4.69, 9.17) is 4.52 Å². The summed E-state index contributed by atoms with van der Waals surface area (Å²) in [7, 11) is 0. The average Bonchev–Trinajstić information content (AvgIpc) is 3.30. The molecule has 0 saturated heterocycles. The van der Waals surface area contributed by atoms with Crippen molar-refractivity contribution in [1.82, 2.24) is 25.3 Å². The predicted octanol–water partition coefficient (Wildman–Crippen LogP) is 2.51. The second-order valence-corrected chi connectivity index (χ2v) is 6.46. The average molecular weight is 343 g/mol. The van der Waals surface area contributed by atoms with Crippen molar-refractivity contribution in [3.05, 3.63) is 41.8 Å². The highest BCUT2D eigenvalue weighted by molar-refractivity contribution is 5.94. The van der Waals surface area contributed by atoms with Crippen LogP contribution in [0.3, 0.4) is 0 Å². The van der Waals surface area contributed by atoms with Crippen LogP contribution in [0.5, 0.6) is 0 Å². The minimum atomic E-state index is -0.544. The summed E-state index contributed by atoms with van der Waals surface area (Å²) in [5.41, 5.74) is -0.00146. The second-order valence-electron chi connectivity index (χ2n) is 6.46. The van der Waals surface area contributed by atoms with Crippen LogP contribution >= 0.6 is 0 Å². The molecule has 1 aliphatic carbocycles. The fourth-order valence-corrected chi connectivity index (χ4v) is 3.32. The summed E-state index contributed by atoms with van der Waals surface area (Å²) in [4.78, 5) is 23.4. The molecule has 0 aromatic carbocycles. The Bertz CT molecular complexity index is 691. The summed E-state index contributed by atoms with van der Waals surface area (Å²) in [6, 6.07) is 3.51. The Balaban J connectivity index is 1.79. The van der Waals surface area contributed by atoms with E-state index < -0.39 is 5.54 Å². The lowest BCUT2D eigenvalue weighted by Gasteiger charge is -2.26. The smallest absolute Gasteiger partial charge is 0.253 e. The first-order chi connectivity index (χ1) is 12.2. The van der Waals surface area contributed by atoms with Crippen molar-refractivity contribution in [3.8, 4) is 0 Å². The van der Waals surface area contributed by atoms with E-state index in [0.29, 0.717) is 23.8 Å². The van der Waals surface area contributed by atoms with Crippen LogP contribution in [0.1, 0.15) is 61.6 Å². The Morgan fingerprint density at radius 1 is 1.32 bits per heavy atom. The maximum absolute atomic E-state index is 12.6. The van der Waals surface area contributed by atoms with Crippen LogP contribution in [0, 0.1) is 0 Å².